The van der Waals surface area contributed by atoms with Gasteiger partial charge in [-0.15, -0.1) is 0 Å². The summed E-state index contributed by atoms with van der Waals surface area (Å²) in [6, 6.07) is 4.05. The molecule has 0 saturated carbocycles. The van der Waals surface area contributed by atoms with Gasteiger partial charge in [-0.1, -0.05) is 0 Å². The first-order valence-corrected chi connectivity index (χ1v) is 10.1. The van der Waals surface area contributed by atoms with Gasteiger partial charge < -0.3 is 14.5 Å². The lowest BCUT2D eigenvalue weighted by molar-refractivity contribution is 0.0699. The molecule has 2 aromatic rings. The summed E-state index contributed by atoms with van der Waals surface area (Å²) in [4.78, 5) is 21.0. The molecule has 154 valence electrons. The van der Waals surface area contributed by atoms with Gasteiger partial charge in [0.1, 0.15) is 22.9 Å². The van der Waals surface area contributed by atoms with Crippen LogP contribution in [0.5, 0.6) is 5.75 Å². The lowest BCUT2D eigenvalue weighted by Gasteiger charge is -2.29. The van der Waals surface area contributed by atoms with Crippen molar-refractivity contribution in [3.8, 4) is 16.9 Å². The summed E-state index contributed by atoms with van der Waals surface area (Å²) in [5, 5.41) is 0. The fourth-order valence-electron chi connectivity index (χ4n) is 4.33. The van der Waals surface area contributed by atoms with Crippen molar-refractivity contribution in [3.05, 3.63) is 47.8 Å². The standard InChI is InChI=1S/C22H25F2N3O2/c1-29-18-9-16(12-25-13-18)15-10-19(23)21(20(24)11-15)22(28)27-8-4-5-17(27)14-26-6-2-3-7-26/h9-13,17H,2-8,14H2,1H3/t17-/m0/s1. The van der Waals surface area contributed by atoms with E-state index >= 15 is 0 Å². The van der Waals surface area contributed by atoms with Crippen LogP contribution in [0.4, 0.5) is 8.78 Å². The van der Waals surface area contributed by atoms with Crippen LogP contribution >= 0.6 is 0 Å². The van der Waals surface area contributed by atoms with Crippen LogP contribution in [0.1, 0.15) is 36.0 Å². The van der Waals surface area contributed by atoms with E-state index in [0.29, 0.717) is 23.4 Å². The summed E-state index contributed by atoms with van der Waals surface area (Å²) < 4.78 is 34.8. The van der Waals surface area contributed by atoms with Gasteiger partial charge in [0.2, 0.25) is 0 Å². The maximum atomic E-state index is 14.9. The normalized spacial score (nSPS) is 19.7. The first-order chi connectivity index (χ1) is 14.1. The highest BCUT2D eigenvalue weighted by molar-refractivity contribution is 5.95. The molecule has 5 nitrogen and oxygen atoms in total. The quantitative estimate of drug-likeness (QED) is 0.766. The zero-order chi connectivity index (χ0) is 20.4. The second kappa shape index (κ2) is 8.45. The van der Waals surface area contributed by atoms with Crippen molar-refractivity contribution >= 4 is 5.91 Å². The molecule has 1 atom stereocenters. The van der Waals surface area contributed by atoms with Gasteiger partial charge in [0.25, 0.3) is 5.91 Å². The van der Waals surface area contributed by atoms with E-state index < -0.39 is 23.1 Å². The van der Waals surface area contributed by atoms with Crippen LogP contribution in [0, 0.1) is 11.6 Å². The Labute approximate surface area is 169 Å². The maximum absolute atomic E-state index is 14.9. The minimum atomic E-state index is -0.848. The first-order valence-electron chi connectivity index (χ1n) is 10.1. The van der Waals surface area contributed by atoms with Crippen molar-refractivity contribution < 1.29 is 18.3 Å². The molecule has 0 unspecified atom stereocenters. The van der Waals surface area contributed by atoms with Gasteiger partial charge in [0.15, 0.2) is 0 Å². The number of ether oxygens (including phenoxy) is 1. The van der Waals surface area contributed by atoms with Crippen LogP contribution in [0.25, 0.3) is 11.1 Å². The van der Waals surface area contributed by atoms with Crippen LogP contribution in [-0.2, 0) is 0 Å². The molecule has 1 aromatic heterocycles. The number of pyridine rings is 1. The molecule has 7 heteroatoms. The van der Waals surface area contributed by atoms with Crippen LogP contribution in [0.3, 0.4) is 0 Å². The maximum Gasteiger partial charge on any atom is 0.260 e. The van der Waals surface area contributed by atoms with Gasteiger partial charge in [-0.2, -0.15) is 0 Å². The van der Waals surface area contributed by atoms with Gasteiger partial charge in [0.05, 0.1) is 13.3 Å². The number of carbonyl (C=O) groups is 1. The molecule has 0 bridgehead atoms. The highest BCUT2D eigenvalue weighted by Gasteiger charge is 2.34. The molecular weight excluding hydrogens is 376 g/mol. The number of halogens is 2. The number of rotatable bonds is 5. The molecular formula is C22H25F2N3O2. The summed E-state index contributed by atoms with van der Waals surface area (Å²) in [6.07, 6.45) is 7.10. The number of hydrogen-bond donors (Lipinski definition) is 0. The molecule has 0 aliphatic carbocycles. The molecule has 2 fully saturated rings. The zero-order valence-corrected chi connectivity index (χ0v) is 16.5. The van der Waals surface area contributed by atoms with Crippen molar-refractivity contribution in [1.82, 2.24) is 14.8 Å². The Morgan fingerprint density at radius 3 is 2.48 bits per heavy atom. The number of nitrogens with zero attached hydrogens (tertiary/aromatic N) is 3. The minimum absolute atomic E-state index is 0.0154. The summed E-state index contributed by atoms with van der Waals surface area (Å²) >= 11 is 0. The van der Waals surface area contributed by atoms with Gasteiger partial charge in [-0.05, 0) is 62.5 Å². The summed E-state index contributed by atoms with van der Waals surface area (Å²) in [6.45, 7) is 3.38. The molecule has 2 aliphatic heterocycles. The number of likely N-dealkylation sites (tertiary alicyclic amines) is 2. The van der Waals surface area contributed by atoms with Crippen LogP contribution in [0.15, 0.2) is 30.6 Å². The largest absolute Gasteiger partial charge is 0.495 e. The number of aromatic nitrogens is 1. The predicted molar refractivity (Wildman–Crippen MR) is 106 cm³/mol. The molecule has 0 N–H and O–H groups in total. The molecule has 4 rings (SSSR count). The number of carbonyl (C=O) groups excluding carboxylic acids is 1. The Kier molecular flexibility index (Phi) is 5.76. The average molecular weight is 401 g/mol. The van der Waals surface area contributed by atoms with Crippen LogP contribution in [0.2, 0.25) is 0 Å². The summed E-state index contributed by atoms with van der Waals surface area (Å²) in [5.74, 6) is -1.76. The van der Waals surface area contributed by atoms with E-state index in [4.69, 9.17) is 4.74 Å². The van der Waals surface area contributed by atoms with Crippen molar-refractivity contribution in [2.24, 2.45) is 0 Å². The van der Waals surface area contributed by atoms with E-state index in [1.807, 2.05) is 0 Å². The smallest absolute Gasteiger partial charge is 0.260 e. The number of benzene rings is 1. The number of methoxy groups -OCH3 is 1. The number of amides is 1. The third kappa shape index (κ3) is 4.10. The predicted octanol–water partition coefficient (Wildman–Crippen LogP) is 3.74. The van der Waals surface area contributed by atoms with E-state index in [2.05, 4.69) is 9.88 Å². The molecule has 29 heavy (non-hydrogen) atoms. The monoisotopic (exact) mass is 401 g/mol. The Morgan fingerprint density at radius 2 is 1.79 bits per heavy atom. The molecule has 0 radical (unpaired) electrons. The molecule has 1 amide bonds. The van der Waals surface area contributed by atoms with Crippen LogP contribution < -0.4 is 4.74 Å². The van der Waals surface area contributed by atoms with E-state index in [9.17, 15) is 13.6 Å². The fourth-order valence-corrected chi connectivity index (χ4v) is 4.33. The second-order valence-electron chi connectivity index (χ2n) is 7.73. The molecule has 1 aromatic carbocycles. The lowest BCUT2D eigenvalue weighted by atomic mass is 10.0. The van der Waals surface area contributed by atoms with Crippen molar-refractivity contribution in [3.63, 3.8) is 0 Å². The molecule has 0 spiro atoms. The van der Waals surface area contributed by atoms with Crippen molar-refractivity contribution in [2.75, 3.05) is 33.3 Å². The Bertz CT molecular complexity index is 876. The fraction of sp³-hybridized carbons (Fsp3) is 0.455. The van der Waals surface area contributed by atoms with Crippen LogP contribution in [-0.4, -0.2) is 60.0 Å². The summed E-state index contributed by atoms with van der Waals surface area (Å²) in [7, 11) is 1.50. The Morgan fingerprint density at radius 1 is 1.07 bits per heavy atom. The number of hydrogen-bond acceptors (Lipinski definition) is 4. The Hall–Kier alpha value is -2.54. The first kappa shape index (κ1) is 19.8. The van der Waals surface area contributed by atoms with Gasteiger partial charge >= 0.3 is 0 Å². The van der Waals surface area contributed by atoms with E-state index in [1.165, 1.54) is 44.5 Å². The van der Waals surface area contributed by atoms with Crippen molar-refractivity contribution in [1.29, 1.82) is 0 Å². The zero-order valence-electron chi connectivity index (χ0n) is 16.5. The molecule has 3 heterocycles. The second-order valence-corrected chi connectivity index (χ2v) is 7.73. The van der Waals surface area contributed by atoms with E-state index in [-0.39, 0.29) is 6.04 Å². The SMILES string of the molecule is COc1cncc(-c2cc(F)c(C(=O)N3CCC[C@H]3CN3CCCC3)c(F)c2)c1. The third-order valence-corrected chi connectivity index (χ3v) is 5.84. The van der Waals surface area contributed by atoms with E-state index in [1.54, 1.807) is 11.0 Å². The van der Waals surface area contributed by atoms with Gasteiger partial charge in [-0.25, -0.2) is 8.78 Å². The average Bonchev–Trinajstić information content (AvgIpc) is 3.40. The lowest BCUT2D eigenvalue weighted by Crippen LogP contribution is -2.43. The molecule has 2 saturated heterocycles. The van der Waals surface area contributed by atoms with Gasteiger partial charge in [0, 0.05) is 30.9 Å². The third-order valence-electron chi connectivity index (χ3n) is 5.84. The van der Waals surface area contributed by atoms with Gasteiger partial charge in [-0.3, -0.25) is 9.78 Å². The summed E-state index contributed by atoms with van der Waals surface area (Å²) in [5.41, 5.74) is 0.366. The highest BCUT2D eigenvalue weighted by Crippen LogP contribution is 2.29. The van der Waals surface area contributed by atoms with Crippen molar-refractivity contribution in [2.45, 2.75) is 31.7 Å². The van der Waals surface area contributed by atoms with E-state index in [0.717, 1.165) is 32.5 Å². The highest BCUT2D eigenvalue weighted by atomic mass is 19.1. The Balaban J connectivity index is 1.58. The molecule has 2 aliphatic rings. The topological polar surface area (TPSA) is 45.7 Å². The minimum Gasteiger partial charge on any atom is -0.495 e.